The molecule has 0 bridgehead atoms. The van der Waals surface area contributed by atoms with Gasteiger partial charge in [-0.1, -0.05) is 5.21 Å². The van der Waals surface area contributed by atoms with Gasteiger partial charge in [-0.25, -0.2) is 4.68 Å². The minimum atomic E-state index is -0.104. The topological polar surface area (TPSA) is 48.5 Å². The van der Waals surface area contributed by atoms with E-state index in [1.54, 1.807) is 9.36 Å². The lowest BCUT2D eigenvalue weighted by molar-refractivity contribution is 0.648. The second-order valence-electron chi connectivity index (χ2n) is 3.48. The summed E-state index contributed by atoms with van der Waals surface area (Å²) < 4.78 is 3.52. The number of nitrogens with zero attached hydrogens (tertiary/aromatic N) is 5. The Hall–Kier alpha value is -1.36. The first-order chi connectivity index (χ1) is 7.15. The van der Waals surface area contributed by atoms with Crippen LogP contribution in [0.3, 0.4) is 0 Å². The molecule has 0 saturated carbocycles. The Kier molecular flexibility index (Phi) is 2.73. The predicted octanol–water partition coefficient (Wildman–Crippen LogP) is 1.36. The van der Waals surface area contributed by atoms with Crippen LogP contribution in [0.4, 0.5) is 0 Å². The molecular formula is C9H12ClN5. The second kappa shape index (κ2) is 4.02. The lowest BCUT2D eigenvalue weighted by Crippen LogP contribution is -1.99. The van der Waals surface area contributed by atoms with E-state index in [0.717, 1.165) is 11.3 Å². The second-order valence-corrected chi connectivity index (χ2v) is 4.13. The summed E-state index contributed by atoms with van der Waals surface area (Å²) in [7, 11) is 1.89. The third-order valence-corrected chi connectivity index (χ3v) is 2.29. The zero-order valence-corrected chi connectivity index (χ0v) is 9.39. The van der Waals surface area contributed by atoms with Crippen molar-refractivity contribution in [3.8, 4) is 0 Å². The molecule has 0 aromatic carbocycles. The van der Waals surface area contributed by atoms with E-state index in [2.05, 4.69) is 15.4 Å². The van der Waals surface area contributed by atoms with E-state index in [4.69, 9.17) is 11.6 Å². The van der Waals surface area contributed by atoms with E-state index >= 15 is 0 Å². The highest BCUT2D eigenvalue weighted by atomic mass is 35.5. The fourth-order valence-corrected chi connectivity index (χ4v) is 1.41. The van der Waals surface area contributed by atoms with Crippen molar-refractivity contribution in [1.82, 2.24) is 24.8 Å². The van der Waals surface area contributed by atoms with E-state index in [1.165, 1.54) is 0 Å². The highest BCUT2D eigenvalue weighted by molar-refractivity contribution is 6.20. The van der Waals surface area contributed by atoms with Gasteiger partial charge in [-0.3, -0.25) is 4.68 Å². The normalized spacial score (nSPS) is 13.0. The Morgan fingerprint density at radius 2 is 2.27 bits per heavy atom. The molecule has 6 heteroatoms. The number of halogens is 1. The zero-order valence-electron chi connectivity index (χ0n) is 8.63. The summed E-state index contributed by atoms with van der Waals surface area (Å²) in [6.07, 6.45) is 5.61. The maximum atomic E-state index is 5.89. The lowest BCUT2D eigenvalue weighted by atomic mass is 10.3. The fourth-order valence-electron chi connectivity index (χ4n) is 1.31. The van der Waals surface area contributed by atoms with Gasteiger partial charge in [-0.2, -0.15) is 5.10 Å². The van der Waals surface area contributed by atoms with Crippen LogP contribution in [-0.2, 0) is 13.6 Å². The van der Waals surface area contributed by atoms with Gasteiger partial charge in [0.2, 0.25) is 0 Å². The molecule has 80 valence electrons. The summed E-state index contributed by atoms with van der Waals surface area (Å²) in [6.45, 7) is 2.55. The molecule has 2 aromatic heterocycles. The minimum absolute atomic E-state index is 0.104. The third kappa shape index (κ3) is 2.36. The molecule has 1 unspecified atom stereocenters. The first-order valence-electron chi connectivity index (χ1n) is 4.67. The molecule has 0 saturated heterocycles. The maximum absolute atomic E-state index is 5.89. The Morgan fingerprint density at radius 1 is 1.47 bits per heavy atom. The average Bonchev–Trinajstić information content (AvgIpc) is 2.76. The molecule has 2 heterocycles. The Morgan fingerprint density at radius 3 is 2.80 bits per heavy atom. The van der Waals surface area contributed by atoms with E-state index < -0.39 is 0 Å². The van der Waals surface area contributed by atoms with Crippen LogP contribution in [0.2, 0.25) is 0 Å². The molecule has 0 aliphatic heterocycles. The van der Waals surface area contributed by atoms with Gasteiger partial charge in [0.25, 0.3) is 0 Å². The number of hydrogen-bond donors (Lipinski definition) is 0. The van der Waals surface area contributed by atoms with Gasteiger partial charge in [0, 0.05) is 18.8 Å². The van der Waals surface area contributed by atoms with Gasteiger partial charge in [0.1, 0.15) is 5.69 Å². The third-order valence-electron chi connectivity index (χ3n) is 2.07. The molecule has 2 rings (SSSR count). The Balaban J connectivity index is 2.11. The molecule has 0 aliphatic rings. The number of alkyl halides is 1. The average molecular weight is 226 g/mol. The van der Waals surface area contributed by atoms with Crippen molar-refractivity contribution >= 4 is 11.6 Å². The summed E-state index contributed by atoms with van der Waals surface area (Å²) in [4.78, 5) is 0. The van der Waals surface area contributed by atoms with Gasteiger partial charge in [0.05, 0.1) is 24.3 Å². The largest absolute Gasteiger partial charge is 0.275 e. The van der Waals surface area contributed by atoms with Crippen LogP contribution in [0.1, 0.15) is 23.6 Å². The molecule has 0 spiro atoms. The van der Waals surface area contributed by atoms with Crippen molar-refractivity contribution in [3.05, 3.63) is 29.8 Å². The SMILES string of the molecule is CC(Cl)c1cn(Cc2cnn(C)c2)nn1. The number of hydrogen-bond acceptors (Lipinski definition) is 3. The molecule has 0 amide bonds. The number of aromatic nitrogens is 5. The van der Waals surface area contributed by atoms with Crippen molar-refractivity contribution in [2.24, 2.45) is 7.05 Å². The fraction of sp³-hybridized carbons (Fsp3) is 0.444. The highest BCUT2D eigenvalue weighted by Gasteiger charge is 2.07. The summed E-state index contributed by atoms with van der Waals surface area (Å²) in [5.41, 5.74) is 1.89. The van der Waals surface area contributed by atoms with Gasteiger partial charge in [-0.15, -0.1) is 16.7 Å². The first-order valence-corrected chi connectivity index (χ1v) is 5.10. The van der Waals surface area contributed by atoms with Gasteiger partial charge in [-0.05, 0) is 6.92 Å². The van der Waals surface area contributed by atoms with Crippen molar-refractivity contribution in [3.63, 3.8) is 0 Å². The minimum Gasteiger partial charge on any atom is -0.275 e. The lowest BCUT2D eigenvalue weighted by Gasteiger charge is -1.95. The monoisotopic (exact) mass is 225 g/mol. The van der Waals surface area contributed by atoms with Gasteiger partial charge in [0.15, 0.2) is 0 Å². The summed E-state index contributed by atoms with van der Waals surface area (Å²) >= 11 is 5.89. The van der Waals surface area contributed by atoms with Crippen molar-refractivity contribution < 1.29 is 0 Å². The van der Waals surface area contributed by atoms with Crippen LogP contribution in [0.25, 0.3) is 0 Å². The molecule has 0 fully saturated rings. The Bertz CT molecular complexity index is 445. The van der Waals surface area contributed by atoms with Crippen molar-refractivity contribution in [1.29, 1.82) is 0 Å². The van der Waals surface area contributed by atoms with Crippen LogP contribution >= 0.6 is 11.6 Å². The summed E-state index contributed by atoms with van der Waals surface area (Å²) in [6, 6.07) is 0. The predicted molar refractivity (Wildman–Crippen MR) is 56.6 cm³/mol. The van der Waals surface area contributed by atoms with Gasteiger partial charge >= 0.3 is 0 Å². The standard InChI is InChI=1S/C9H12ClN5/c1-7(10)9-6-15(13-12-9)5-8-3-11-14(2)4-8/h3-4,6-7H,5H2,1-2H3. The maximum Gasteiger partial charge on any atom is 0.100 e. The first kappa shape index (κ1) is 10.2. The van der Waals surface area contributed by atoms with Crippen LogP contribution in [-0.4, -0.2) is 24.8 Å². The molecule has 15 heavy (non-hydrogen) atoms. The molecule has 2 aromatic rings. The van der Waals surface area contributed by atoms with Crippen molar-refractivity contribution in [2.45, 2.75) is 18.8 Å². The van der Waals surface area contributed by atoms with E-state index in [1.807, 2.05) is 32.6 Å². The molecule has 0 radical (unpaired) electrons. The smallest absolute Gasteiger partial charge is 0.100 e. The highest BCUT2D eigenvalue weighted by Crippen LogP contribution is 2.15. The Labute approximate surface area is 92.7 Å². The quantitative estimate of drug-likeness (QED) is 0.742. The number of aryl methyl sites for hydroxylation is 1. The molecule has 0 N–H and O–H groups in total. The van der Waals surface area contributed by atoms with Crippen LogP contribution in [0.5, 0.6) is 0 Å². The van der Waals surface area contributed by atoms with E-state index in [9.17, 15) is 0 Å². The summed E-state index contributed by atoms with van der Waals surface area (Å²) in [5.74, 6) is 0. The van der Waals surface area contributed by atoms with Crippen LogP contribution < -0.4 is 0 Å². The van der Waals surface area contributed by atoms with E-state index in [0.29, 0.717) is 6.54 Å². The number of rotatable bonds is 3. The summed E-state index contributed by atoms with van der Waals surface area (Å²) in [5, 5.41) is 11.9. The van der Waals surface area contributed by atoms with Crippen molar-refractivity contribution in [2.75, 3.05) is 0 Å². The molecular weight excluding hydrogens is 214 g/mol. The van der Waals surface area contributed by atoms with Gasteiger partial charge < -0.3 is 0 Å². The van der Waals surface area contributed by atoms with Crippen LogP contribution in [0, 0.1) is 0 Å². The zero-order chi connectivity index (χ0) is 10.8. The molecule has 5 nitrogen and oxygen atoms in total. The van der Waals surface area contributed by atoms with Crippen LogP contribution in [0.15, 0.2) is 18.6 Å². The van der Waals surface area contributed by atoms with E-state index in [-0.39, 0.29) is 5.38 Å². The molecule has 0 aliphatic carbocycles. The molecule has 1 atom stereocenters.